The quantitative estimate of drug-likeness (QED) is 0.468. The van der Waals surface area contributed by atoms with Crippen LogP contribution in [0.25, 0.3) is 0 Å². The first-order valence-electron chi connectivity index (χ1n) is 5.21. The predicted molar refractivity (Wildman–Crippen MR) is 62.5 cm³/mol. The van der Waals surface area contributed by atoms with Gasteiger partial charge in [0, 0.05) is 6.42 Å². The minimum Gasteiger partial charge on any atom is -0.273 e. The molecule has 1 amide bonds. The van der Waals surface area contributed by atoms with Gasteiger partial charge in [0.1, 0.15) is 0 Å². The number of aryl methyl sites for hydroxylation is 2. The summed E-state index contributed by atoms with van der Waals surface area (Å²) in [4.78, 5) is 11.6. The minimum atomic E-state index is -0.0325. The topological polar surface area (TPSA) is 46.3 Å². The summed E-state index contributed by atoms with van der Waals surface area (Å²) in [5, 5.41) is 1.27. The van der Waals surface area contributed by atoms with E-state index in [4.69, 9.17) is 5.84 Å². The monoisotopic (exact) mass is 206 g/mol. The van der Waals surface area contributed by atoms with Gasteiger partial charge in [-0.1, -0.05) is 25.1 Å². The smallest absolute Gasteiger partial charge is 0.241 e. The maximum absolute atomic E-state index is 11.6. The molecule has 3 nitrogen and oxygen atoms in total. The highest BCUT2D eigenvalue weighted by molar-refractivity contribution is 5.93. The predicted octanol–water partition coefficient (Wildman–Crippen LogP) is 2.31. The van der Waals surface area contributed by atoms with Crippen molar-refractivity contribution in [3.8, 4) is 0 Å². The van der Waals surface area contributed by atoms with Gasteiger partial charge in [0.2, 0.25) is 5.91 Å². The molecule has 0 unspecified atom stereocenters. The molecule has 0 bridgehead atoms. The number of hydrazine groups is 1. The third-order valence-electron chi connectivity index (χ3n) is 2.41. The Morgan fingerprint density at radius 3 is 2.33 bits per heavy atom. The Balaban J connectivity index is 3.00. The minimum absolute atomic E-state index is 0.0325. The van der Waals surface area contributed by atoms with Gasteiger partial charge >= 0.3 is 0 Å². The Morgan fingerprint density at radius 1 is 1.33 bits per heavy atom. The molecule has 0 atom stereocenters. The molecule has 1 aromatic rings. The zero-order valence-electron chi connectivity index (χ0n) is 9.58. The number of nitrogens with zero attached hydrogens (tertiary/aromatic N) is 1. The van der Waals surface area contributed by atoms with Gasteiger partial charge in [-0.05, 0) is 31.4 Å². The molecule has 0 spiro atoms. The van der Waals surface area contributed by atoms with Crippen LogP contribution in [0.1, 0.15) is 30.9 Å². The molecule has 0 saturated heterocycles. The third-order valence-corrected chi connectivity index (χ3v) is 2.41. The highest BCUT2D eigenvalue weighted by Gasteiger charge is 2.14. The van der Waals surface area contributed by atoms with Crippen molar-refractivity contribution in [3.63, 3.8) is 0 Å². The zero-order valence-corrected chi connectivity index (χ0v) is 9.58. The van der Waals surface area contributed by atoms with Gasteiger partial charge in [-0.25, -0.2) is 10.9 Å². The van der Waals surface area contributed by atoms with Crippen LogP contribution in [-0.2, 0) is 4.79 Å². The molecule has 0 fully saturated rings. The average Bonchev–Trinajstić information content (AvgIpc) is 2.17. The number of anilines is 1. The molecule has 0 aliphatic rings. The second kappa shape index (κ2) is 4.94. The zero-order chi connectivity index (χ0) is 11.4. The van der Waals surface area contributed by atoms with Gasteiger partial charge in [-0.15, -0.1) is 0 Å². The number of nitrogens with two attached hydrogens (primary N) is 1. The van der Waals surface area contributed by atoms with E-state index in [0.717, 1.165) is 23.2 Å². The SMILES string of the molecule is CCCC(=O)N(N)c1c(C)cccc1C. The van der Waals surface area contributed by atoms with Gasteiger partial charge in [0.25, 0.3) is 0 Å². The number of amides is 1. The molecule has 0 aliphatic carbocycles. The average molecular weight is 206 g/mol. The Kier molecular flexibility index (Phi) is 3.86. The van der Waals surface area contributed by atoms with Crippen LogP contribution in [0.4, 0.5) is 5.69 Å². The Bertz CT molecular complexity index is 340. The van der Waals surface area contributed by atoms with Gasteiger partial charge in [0.15, 0.2) is 0 Å². The molecule has 15 heavy (non-hydrogen) atoms. The molecule has 2 N–H and O–H groups in total. The van der Waals surface area contributed by atoms with Crippen LogP contribution in [-0.4, -0.2) is 5.91 Å². The Labute approximate surface area is 90.9 Å². The van der Waals surface area contributed by atoms with Crippen molar-refractivity contribution in [3.05, 3.63) is 29.3 Å². The largest absolute Gasteiger partial charge is 0.273 e. The first-order chi connectivity index (χ1) is 7.07. The summed E-state index contributed by atoms with van der Waals surface area (Å²) in [6, 6.07) is 5.88. The van der Waals surface area contributed by atoms with E-state index in [-0.39, 0.29) is 5.91 Å². The first kappa shape index (κ1) is 11.7. The molecule has 0 heterocycles. The van der Waals surface area contributed by atoms with E-state index in [1.807, 2.05) is 39.0 Å². The molecule has 82 valence electrons. The summed E-state index contributed by atoms with van der Waals surface area (Å²) in [5.74, 6) is 5.78. The molecule has 0 saturated carbocycles. The molecule has 3 heteroatoms. The standard InChI is InChI=1S/C12H18N2O/c1-4-6-11(15)14(13)12-9(2)7-5-8-10(12)3/h5,7-8H,4,6,13H2,1-3H3. The summed E-state index contributed by atoms with van der Waals surface area (Å²) in [5.41, 5.74) is 2.89. The Morgan fingerprint density at radius 2 is 1.87 bits per heavy atom. The summed E-state index contributed by atoms with van der Waals surface area (Å²) in [6.07, 6.45) is 1.31. The molecule has 1 aromatic carbocycles. The number of para-hydroxylation sites is 1. The summed E-state index contributed by atoms with van der Waals surface area (Å²) in [6.45, 7) is 5.89. The van der Waals surface area contributed by atoms with Gasteiger partial charge in [-0.2, -0.15) is 0 Å². The normalized spacial score (nSPS) is 10.1. The van der Waals surface area contributed by atoms with Crippen LogP contribution in [0.3, 0.4) is 0 Å². The lowest BCUT2D eigenvalue weighted by Crippen LogP contribution is -2.38. The number of rotatable bonds is 3. The second-order valence-electron chi connectivity index (χ2n) is 3.75. The van der Waals surface area contributed by atoms with Gasteiger partial charge in [0.05, 0.1) is 5.69 Å². The summed E-state index contributed by atoms with van der Waals surface area (Å²) in [7, 11) is 0. The van der Waals surface area contributed by atoms with Crippen molar-refractivity contribution in [2.24, 2.45) is 5.84 Å². The fourth-order valence-electron chi connectivity index (χ4n) is 1.64. The second-order valence-corrected chi connectivity index (χ2v) is 3.75. The maximum atomic E-state index is 11.6. The first-order valence-corrected chi connectivity index (χ1v) is 5.21. The molecule has 0 aliphatic heterocycles. The van der Waals surface area contributed by atoms with E-state index in [0.29, 0.717) is 6.42 Å². The van der Waals surface area contributed by atoms with Crippen LogP contribution in [0.15, 0.2) is 18.2 Å². The third kappa shape index (κ3) is 2.57. The Hall–Kier alpha value is -1.35. The van der Waals surface area contributed by atoms with Crippen molar-refractivity contribution < 1.29 is 4.79 Å². The van der Waals surface area contributed by atoms with Crippen LogP contribution in [0.2, 0.25) is 0 Å². The molecular formula is C12H18N2O. The number of hydrogen-bond acceptors (Lipinski definition) is 2. The van der Waals surface area contributed by atoms with Crippen LogP contribution in [0.5, 0.6) is 0 Å². The maximum Gasteiger partial charge on any atom is 0.241 e. The summed E-state index contributed by atoms with van der Waals surface area (Å²) >= 11 is 0. The number of carbonyl (C=O) groups excluding carboxylic acids is 1. The van der Waals surface area contributed by atoms with E-state index in [2.05, 4.69) is 0 Å². The van der Waals surface area contributed by atoms with Crippen molar-refractivity contribution >= 4 is 11.6 Å². The molecule has 0 radical (unpaired) electrons. The van der Waals surface area contributed by atoms with E-state index in [9.17, 15) is 4.79 Å². The molecular weight excluding hydrogens is 188 g/mol. The van der Waals surface area contributed by atoms with Crippen LogP contribution >= 0.6 is 0 Å². The lowest BCUT2D eigenvalue weighted by Gasteiger charge is -2.20. The van der Waals surface area contributed by atoms with Crippen molar-refractivity contribution in [1.29, 1.82) is 0 Å². The van der Waals surface area contributed by atoms with E-state index >= 15 is 0 Å². The van der Waals surface area contributed by atoms with Crippen LogP contribution in [0, 0.1) is 13.8 Å². The van der Waals surface area contributed by atoms with Crippen molar-refractivity contribution in [2.45, 2.75) is 33.6 Å². The highest BCUT2D eigenvalue weighted by atomic mass is 16.2. The molecule has 0 aromatic heterocycles. The number of benzene rings is 1. The van der Waals surface area contributed by atoms with Gasteiger partial charge in [-0.3, -0.25) is 4.79 Å². The van der Waals surface area contributed by atoms with Gasteiger partial charge < -0.3 is 0 Å². The fourth-order valence-corrected chi connectivity index (χ4v) is 1.64. The van der Waals surface area contributed by atoms with Crippen molar-refractivity contribution in [1.82, 2.24) is 0 Å². The molecule has 1 rings (SSSR count). The van der Waals surface area contributed by atoms with Crippen LogP contribution < -0.4 is 10.9 Å². The summed E-state index contributed by atoms with van der Waals surface area (Å²) < 4.78 is 0. The number of hydrogen-bond donors (Lipinski definition) is 1. The number of carbonyl (C=O) groups is 1. The lowest BCUT2D eigenvalue weighted by atomic mass is 10.1. The highest BCUT2D eigenvalue weighted by Crippen LogP contribution is 2.22. The van der Waals surface area contributed by atoms with E-state index in [1.54, 1.807) is 0 Å². The van der Waals surface area contributed by atoms with E-state index < -0.39 is 0 Å². The van der Waals surface area contributed by atoms with E-state index in [1.165, 1.54) is 5.01 Å². The van der Waals surface area contributed by atoms with Crippen molar-refractivity contribution in [2.75, 3.05) is 5.01 Å². The fraction of sp³-hybridized carbons (Fsp3) is 0.417. The lowest BCUT2D eigenvalue weighted by molar-refractivity contribution is -0.118.